The van der Waals surface area contributed by atoms with E-state index in [0.29, 0.717) is 5.92 Å². The molecule has 0 aliphatic carbocycles. The van der Waals surface area contributed by atoms with Crippen LogP contribution in [0.3, 0.4) is 0 Å². The molecule has 0 atom stereocenters. The number of hydrogen-bond acceptors (Lipinski definition) is 4. The fraction of sp³-hybridized carbons (Fsp3) is 0.467. The lowest BCUT2D eigenvalue weighted by atomic mass is 10.2. The number of nitrogens with zero attached hydrogens (tertiary/aromatic N) is 2. The Labute approximate surface area is 133 Å². The van der Waals surface area contributed by atoms with E-state index in [2.05, 4.69) is 63.5 Å². The highest BCUT2D eigenvalue weighted by Crippen LogP contribution is 2.18. The third-order valence-electron chi connectivity index (χ3n) is 2.82. The van der Waals surface area contributed by atoms with Crippen LogP contribution >= 0.6 is 27.3 Å². The fourth-order valence-electron chi connectivity index (χ4n) is 1.87. The second kappa shape index (κ2) is 7.86. The molecule has 0 aliphatic rings. The Bertz CT molecular complexity index is 539. The Morgan fingerprint density at radius 2 is 2.05 bits per heavy atom. The summed E-state index contributed by atoms with van der Waals surface area (Å²) in [7, 11) is 0. The first-order valence-electron chi connectivity index (χ1n) is 6.90. The second-order valence-corrected chi connectivity index (χ2v) is 7.31. The molecule has 1 N–H and O–H groups in total. The van der Waals surface area contributed by atoms with Crippen LogP contribution in [0.15, 0.2) is 28.7 Å². The molecule has 20 heavy (non-hydrogen) atoms. The first-order valence-corrected chi connectivity index (χ1v) is 8.51. The summed E-state index contributed by atoms with van der Waals surface area (Å²) in [6, 6.07) is 8.34. The molecule has 1 heterocycles. The van der Waals surface area contributed by atoms with Gasteiger partial charge in [0.2, 0.25) is 0 Å². The summed E-state index contributed by atoms with van der Waals surface area (Å²) in [5.41, 5.74) is 1.26. The van der Waals surface area contributed by atoms with Gasteiger partial charge in [0.25, 0.3) is 0 Å². The summed E-state index contributed by atoms with van der Waals surface area (Å²) >= 11 is 5.21. The van der Waals surface area contributed by atoms with Crippen molar-refractivity contribution in [1.29, 1.82) is 0 Å². The van der Waals surface area contributed by atoms with E-state index in [-0.39, 0.29) is 0 Å². The van der Waals surface area contributed by atoms with E-state index in [0.717, 1.165) is 40.4 Å². The predicted molar refractivity (Wildman–Crippen MR) is 88.3 cm³/mol. The summed E-state index contributed by atoms with van der Waals surface area (Å²) in [4.78, 5) is 0. The van der Waals surface area contributed by atoms with Gasteiger partial charge in [-0.1, -0.05) is 41.9 Å². The standard InChI is InChI=1S/C15H20BrN3S/c1-11(2)10-17-7-6-14-18-19-15(20-14)9-12-4-3-5-13(16)8-12/h3-5,8,11,17H,6-7,9-10H2,1-2H3. The Morgan fingerprint density at radius 3 is 2.80 bits per heavy atom. The lowest BCUT2D eigenvalue weighted by molar-refractivity contribution is 0.553. The maximum atomic E-state index is 4.28. The first-order chi connectivity index (χ1) is 9.63. The van der Waals surface area contributed by atoms with Gasteiger partial charge in [-0.3, -0.25) is 0 Å². The van der Waals surface area contributed by atoms with E-state index < -0.39 is 0 Å². The first kappa shape index (κ1) is 15.6. The van der Waals surface area contributed by atoms with Crippen LogP contribution in [0.1, 0.15) is 29.4 Å². The van der Waals surface area contributed by atoms with Gasteiger partial charge < -0.3 is 5.32 Å². The third kappa shape index (κ3) is 5.31. The zero-order valence-electron chi connectivity index (χ0n) is 11.9. The minimum atomic E-state index is 0.691. The Hall–Kier alpha value is -0.780. The van der Waals surface area contributed by atoms with Crippen LogP contribution in [0.4, 0.5) is 0 Å². The number of aromatic nitrogens is 2. The van der Waals surface area contributed by atoms with Gasteiger partial charge in [0.15, 0.2) is 0 Å². The largest absolute Gasteiger partial charge is 0.316 e. The van der Waals surface area contributed by atoms with E-state index >= 15 is 0 Å². The maximum absolute atomic E-state index is 4.28. The average molecular weight is 354 g/mol. The molecule has 0 spiro atoms. The van der Waals surface area contributed by atoms with E-state index in [1.807, 2.05) is 6.07 Å². The number of benzene rings is 1. The van der Waals surface area contributed by atoms with Crippen molar-refractivity contribution >= 4 is 27.3 Å². The molecule has 0 unspecified atom stereocenters. The van der Waals surface area contributed by atoms with E-state index in [9.17, 15) is 0 Å². The van der Waals surface area contributed by atoms with Crippen molar-refractivity contribution in [3.8, 4) is 0 Å². The quantitative estimate of drug-likeness (QED) is 0.771. The zero-order valence-corrected chi connectivity index (χ0v) is 14.3. The Kier molecular flexibility index (Phi) is 6.13. The summed E-state index contributed by atoms with van der Waals surface area (Å²) in [6.45, 7) is 6.47. The normalized spacial score (nSPS) is 11.2. The molecule has 2 rings (SSSR count). The predicted octanol–water partition coefficient (Wildman–Crippen LogP) is 3.68. The summed E-state index contributed by atoms with van der Waals surface area (Å²) in [5, 5.41) is 14.2. The molecule has 3 nitrogen and oxygen atoms in total. The monoisotopic (exact) mass is 353 g/mol. The van der Waals surface area contributed by atoms with Crippen LogP contribution in [0.5, 0.6) is 0 Å². The summed E-state index contributed by atoms with van der Waals surface area (Å²) in [5.74, 6) is 0.691. The smallest absolute Gasteiger partial charge is 0.121 e. The van der Waals surface area contributed by atoms with Crippen molar-refractivity contribution in [2.75, 3.05) is 13.1 Å². The van der Waals surface area contributed by atoms with Gasteiger partial charge in [-0.25, -0.2) is 0 Å². The molecule has 1 aromatic carbocycles. The van der Waals surface area contributed by atoms with Gasteiger partial charge in [0.05, 0.1) is 0 Å². The third-order valence-corrected chi connectivity index (χ3v) is 4.30. The molecule has 0 fully saturated rings. The summed E-state index contributed by atoms with van der Waals surface area (Å²) < 4.78 is 1.11. The van der Waals surface area contributed by atoms with Gasteiger partial charge in [-0.15, -0.1) is 21.5 Å². The lowest BCUT2D eigenvalue weighted by Gasteiger charge is -2.05. The van der Waals surface area contributed by atoms with Crippen LogP contribution < -0.4 is 5.32 Å². The molecular weight excluding hydrogens is 334 g/mol. The fourth-order valence-corrected chi connectivity index (χ4v) is 3.19. The van der Waals surface area contributed by atoms with E-state index in [1.165, 1.54) is 5.56 Å². The van der Waals surface area contributed by atoms with Crippen LogP contribution in [-0.2, 0) is 12.8 Å². The minimum Gasteiger partial charge on any atom is -0.316 e. The van der Waals surface area contributed by atoms with Crippen LogP contribution in [0.25, 0.3) is 0 Å². The van der Waals surface area contributed by atoms with Crippen molar-refractivity contribution in [1.82, 2.24) is 15.5 Å². The molecule has 0 bridgehead atoms. The van der Waals surface area contributed by atoms with Crippen molar-refractivity contribution in [2.24, 2.45) is 5.92 Å². The molecule has 0 saturated heterocycles. The van der Waals surface area contributed by atoms with Crippen LogP contribution in [0.2, 0.25) is 0 Å². The SMILES string of the molecule is CC(C)CNCCc1nnc(Cc2cccc(Br)c2)s1. The Balaban J connectivity index is 1.83. The molecule has 1 aromatic heterocycles. The maximum Gasteiger partial charge on any atom is 0.121 e. The second-order valence-electron chi connectivity index (χ2n) is 5.24. The zero-order chi connectivity index (χ0) is 14.4. The van der Waals surface area contributed by atoms with Crippen molar-refractivity contribution < 1.29 is 0 Å². The molecule has 0 amide bonds. The average Bonchev–Trinajstić information content (AvgIpc) is 2.82. The Morgan fingerprint density at radius 1 is 1.25 bits per heavy atom. The van der Waals surface area contributed by atoms with Crippen molar-refractivity contribution in [3.63, 3.8) is 0 Å². The molecule has 2 aromatic rings. The lowest BCUT2D eigenvalue weighted by Crippen LogP contribution is -2.22. The molecule has 0 saturated carbocycles. The molecule has 0 aliphatic heterocycles. The number of hydrogen-bond donors (Lipinski definition) is 1. The number of rotatable bonds is 7. The van der Waals surface area contributed by atoms with E-state index in [1.54, 1.807) is 11.3 Å². The van der Waals surface area contributed by atoms with Gasteiger partial charge in [0, 0.05) is 23.9 Å². The minimum absolute atomic E-state index is 0.691. The molecular formula is C15H20BrN3S. The topological polar surface area (TPSA) is 37.8 Å². The van der Waals surface area contributed by atoms with Gasteiger partial charge >= 0.3 is 0 Å². The van der Waals surface area contributed by atoms with Crippen LogP contribution in [0, 0.1) is 5.92 Å². The highest BCUT2D eigenvalue weighted by molar-refractivity contribution is 9.10. The number of nitrogens with one attached hydrogen (secondary N) is 1. The summed E-state index contributed by atoms with van der Waals surface area (Å²) in [6.07, 6.45) is 1.82. The van der Waals surface area contributed by atoms with Crippen molar-refractivity contribution in [3.05, 3.63) is 44.3 Å². The molecule has 0 radical (unpaired) electrons. The van der Waals surface area contributed by atoms with Gasteiger partial charge in [-0.05, 0) is 30.2 Å². The van der Waals surface area contributed by atoms with E-state index in [4.69, 9.17) is 0 Å². The number of halogens is 1. The molecule has 5 heteroatoms. The van der Waals surface area contributed by atoms with Crippen LogP contribution in [-0.4, -0.2) is 23.3 Å². The van der Waals surface area contributed by atoms with Crippen molar-refractivity contribution in [2.45, 2.75) is 26.7 Å². The highest BCUT2D eigenvalue weighted by Gasteiger charge is 2.05. The van der Waals surface area contributed by atoms with Gasteiger partial charge in [-0.2, -0.15) is 0 Å². The van der Waals surface area contributed by atoms with Gasteiger partial charge in [0.1, 0.15) is 10.0 Å². The molecule has 108 valence electrons. The highest BCUT2D eigenvalue weighted by atomic mass is 79.9.